The van der Waals surface area contributed by atoms with Crippen LogP contribution in [0.2, 0.25) is 6.04 Å². The number of hydrogen-bond acceptors (Lipinski definition) is 4. The van der Waals surface area contributed by atoms with Crippen molar-refractivity contribution in [3.63, 3.8) is 0 Å². The Hall–Kier alpha value is -0.333. The Morgan fingerprint density at radius 1 is 1.18 bits per heavy atom. The van der Waals surface area contributed by atoms with Crippen molar-refractivity contribution in [2.24, 2.45) is 0 Å². The minimum Gasteiger partial charge on any atom is -0.377 e. The van der Waals surface area contributed by atoms with Gasteiger partial charge in [-0.3, -0.25) is 0 Å². The van der Waals surface area contributed by atoms with Crippen LogP contribution in [0.15, 0.2) is 30.3 Å². The monoisotopic (exact) mass is 272 g/mol. The van der Waals surface area contributed by atoms with E-state index >= 15 is 0 Å². The SMILES string of the molecule is CO[Si](CCS)(OC)OC(C)c1ccccc1. The number of rotatable bonds is 7. The number of thiol groups is 1. The molecule has 0 aromatic heterocycles. The Morgan fingerprint density at radius 2 is 1.76 bits per heavy atom. The lowest BCUT2D eigenvalue weighted by Gasteiger charge is -2.29. The molecule has 0 saturated carbocycles. The highest BCUT2D eigenvalue weighted by Crippen LogP contribution is 2.25. The lowest BCUT2D eigenvalue weighted by atomic mass is 10.1. The molecule has 0 spiro atoms. The molecule has 0 amide bonds. The summed E-state index contributed by atoms with van der Waals surface area (Å²) in [5, 5.41) is 0. The normalized spacial score (nSPS) is 13.6. The van der Waals surface area contributed by atoms with Crippen molar-refractivity contribution in [1.29, 1.82) is 0 Å². The van der Waals surface area contributed by atoms with Gasteiger partial charge in [0, 0.05) is 20.3 Å². The molecule has 0 N–H and O–H groups in total. The standard InChI is InChI=1S/C12H20O3SSi/c1-11(12-7-5-4-6-8-12)15-17(13-2,14-3)10-9-16/h4-8,11,16H,9-10H2,1-3H3. The summed E-state index contributed by atoms with van der Waals surface area (Å²) in [5.74, 6) is 0.690. The lowest BCUT2D eigenvalue weighted by Crippen LogP contribution is -2.44. The predicted molar refractivity (Wildman–Crippen MR) is 74.4 cm³/mol. The third kappa shape index (κ3) is 4.12. The molecule has 3 nitrogen and oxygen atoms in total. The second kappa shape index (κ2) is 7.18. The first kappa shape index (κ1) is 14.7. The minimum absolute atomic E-state index is 0.0392. The molecule has 0 radical (unpaired) electrons. The van der Waals surface area contributed by atoms with E-state index in [0.717, 1.165) is 5.56 Å². The van der Waals surface area contributed by atoms with Crippen LogP contribution in [0, 0.1) is 0 Å². The molecule has 5 heteroatoms. The van der Waals surface area contributed by atoms with E-state index in [0.29, 0.717) is 11.8 Å². The fraction of sp³-hybridized carbons (Fsp3) is 0.500. The number of hydrogen-bond donors (Lipinski definition) is 1. The molecule has 0 aliphatic heterocycles. The fourth-order valence-corrected chi connectivity index (χ4v) is 4.30. The molecule has 1 aromatic rings. The zero-order valence-corrected chi connectivity index (χ0v) is 12.4. The summed E-state index contributed by atoms with van der Waals surface area (Å²) in [7, 11) is 0.706. The topological polar surface area (TPSA) is 27.7 Å². The maximum Gasteiger partial charge on any atom is 0.501 e. The highest BCUT2D eigenvalue weighted by molar-refractivity contribution is 7.80. The van der Waals surface area contributed by atoms with Crippen LogP contribution in [0.1, 0.15) is 18.6 Å². The van der Waals surface area contributed by atoms with Crippen LogP contribution in [0.4, 0.5) is 0 Å². The Balaban J connectivity index is 2.73. The van der Waals surface area contributed by atoms with Gasteiger partial charge < -0.3 is 13.3 Å². The van der Waals surface area contributed by atoms with Crippen LogP contribution in [-0.2, 0) is 13.3 Å². The van der Waals surface area contributed by atoms with E-state index < -0.39 is 8.80 Å². The van der Waals surface area contributed by atoms with Gasteiger partial charge in [0.15, 0.2) is 0 Å². The van der Waals surface area contributed by atoms with E-state index in [1.165, 1.54) is 0 Å². The van der Waals surface area contributed by atoms with Crippen LogP contribution < -0.4 is 0 Å². The zero-order valence-electron chi connectivity index (χ0n) is 10.6. The van der Waals surface area contributed by atoms with Crippen molar-refractivity contribution in [1.82, 2.24) is 0 Å². The third-order valence-corrected chi connectivity index (χ3v) is 6.13. The summed E-state index contributed by atoms with van der Waals surface area (Å²) in [6, 6.07) is 10.8. The molecule has 0 fully saturated rings. The van der Waals surface area contributed by atoms with Gasteiger partial charge in [0.1, 0.15) is 0 Å². The maximum atomic E-state index is 6.01. The van der Waals surface area contributed by atoms with Crippen molar-refractivity contribution < 1.29 is 13.3 Å². The van der Waals surface area contributed by atoms with Gasteiger partial charge in [-0.15, -0.1) is 0 Å². The molecular weight excluding hydrogens is 252 g/mol. The van der Waals surface area contributed by atoms with E-state index in [2.05, 4.69) is 12.6 Å². The molecule has 0 bridgehead atoms. The van der Waals surface area contributed by atoms with E-state index in [-0.39, 0.29) is 6.10 Å². The molecule has 96 valence electrons. The highest BCUT2D eigenvalue weighted by Gasteiger charge is 2.40. The highest BCUT2D eigenvalue weighted by atomic mass is 32.1. The largest absolute Gasteiger partial charge is 0.501 e. The van der Waals surface area contributed by atoms with Gasteiger partial charge >= 0.3 is 8.80 Å². The van der Waals surface area contributed by atoms with Crippen LogP contribution in [0.25, 0.3) is 0 Å². The summed E-state index contributed by atoms with van der Waals surface area (Å²) < 4.78 is 16.9. The van der Waals surface area contributed by atoms with Gasteiger partial charge in [-0.2, -0.15) is 12.6 Å². The van der Waals surface area contributed by atoms with Crippen molar-refractivity contribution in [2.75, 3.05) is 20.0 Å². The molecule has 17 heavy (non-hydrogen) atoms. The van der Waals surface area contributed by atoms with Crippen LogP contribution in [-0.4, -0.2) is 28.8 Å². The Labute approximate surface area is 110 Å². The smallest absolute Gasteiger partial charge is 0.377 e. The first-order valence-corrected chi connectivity index (χ1v) is 8.18. The van der Waals surface area contributed by atoms with Crippen LogP contribution in [0.3, 0.4) is 0 Å². The summed E-state index contributed by atoms with van der Waals surface area (Å²) >= 11 is 4.23. The first-order chi connectivity index (χ1) is 8.17. The van der Waals surface area contributed by atoms with Gasteiger partial charge in [0.05, 0.1) is 6.10 Å². The van der Waals surface area contributed by atoms with E-state index in [9.17, 15) is 0 Å². The van der Waals surface area contributed by atoms with Gasteiger partial charge in [-0.25, -0.2) is 0 Å². The van der Waals surface area contributed by atoms with Crippen molar-refractivity contribution in [3.8, 4) is 0 Å². The average molecular weight is 272 g/mol. The van der Waals surface area contributed by atoms with Gasteiger partial charge in [0.25, 0.3) is 0 Å². The molecule has 0 saturated heterocycles. The van der Waals surface area contributed by atoms with Crippen LogP contribution in [0.5, 0.6) is 0 Å². The summed E-state index contributed by atoms with van der Waals surface area (Å²) in [6.07, 6.45) is -0.0392. The van der Waals surface area contributed by atoms with Gasteiger partial charge in [0.2, 0.25) is 0 Å². The molecule has 0 aliphatic carbocycles. The number of benzene rings is 1. The Morgan fingerprint density at radius 3 is 2.24 bits per heavy atom. The summed E-state index contributed by atoms with van der Waals surface area (Å²) in [5.41, 5.74) is 1.12. The molecule has 1 aromatic carbocycles. The first-order valence-electron chi connectivity index (χ1n) is 5.61. The average Bonchev–Trinajstić information content (AvgIpc) is 2.39. The van der Waals surface area contributed by atoms with E-state index in [1.54, 1.807) is 14.2 Å². The van der Waals surface area contributed by atoms with Crippen molar-refractivity contribution in [2.45, 2.75) is 19.1 Å². The molecular formula is C12H20O3SSi. The molecule has 0 heterocycles. The van der Waals surface area contributed by atoms with E-state index in [1.807, 2.05) is 37.3 Å². The predicted octanol–water partition coefficient (Wildman–Crippen LogP) is 2.93. The lowest BCUT2D eigenvalue weighted by molar-refractivity contribution is 0.0637. The van der Waals surface area contributed by atoms with E-state index in [4.69, 9.17) is 13.3 Å². The molecule has 1 unspecified atom stereocenters. The molecule has 1 atom stereocenters. The Kier molecular flexibility index (Phi) is 6.22. The maximum absolute atomic E-state index is 6.01. The van der Waals surface area contributed by atoms with Crippen LogP contribution >= 0.6 is 12.6 Å². The zero-order chi connectivity index (χ0) is 12.7. The summed E-state index contributed by atoms with van der Waals surface area (Å²) in [6.45, 7) is 2.01. The quantitative estimate of drug-likeness (QED) is 0.611. The second-order valence-electron chi connectivity index (χ2n) is 3.74. The van der Waals surface area contributed by atoms with Gasteiger partial charge in [-0.05, 0) is 18.2 Å². The third-order valence-electron chi connectivity index (χ3n) is 2.67. The van der Waals surface area contributed by atoms with Crippen molar-refractivity contribution in [3.05, 3.63) is 35.9 Å². The minimum atomic E-state index is -2.57. The molecule has 1 rings (SSSR count). The fourth-order valence-electron chi connectivity index (χ4n) is 1.64. The Bertz CT molecular complexity index is 317. The summed E-state index contributed by atoms with van der Waals surface area (Å²) in [4.78, 5) is 0. The molecule has 0 aliphatic rings. The van der Waals surface area contributed by atoms with Gasteiger partial charge in [-0.1, -0.05) is 30.3 Å². The van der Waals surface area contributed by atoms with Crippen molar-refractivity contribution >= 4 is 21.4 Å². The second-order valence-corrected chi connectivity index (χ2v) is 7.10.